The number of hydrogen-bond acceptors (Lipinski definition) is 5. The zero-order chi connectivity index (χ0) is 14.8. The van der Waals surface area contributed by atoms with Gasteiger partial charge in [-0.2, -0.15) is 5.10 Å². The Kier molecular flexibility index (Phi) is 3.87. The van der Waals surface area contributed by atoms with Gasteiger partial charge in [0.25, 0.3) is 0 Å². The zero-order valence-electron chi connectivity index (χ0n) is 11.8. The summed E-state index contributed by atoms with van der Waals surface area (Å²) in [6.07, 6.45) is 6.26. The highest BCUT2D eigenvalue weighted by molar-refractivity contribution is 5.76. The Morgan fingerprint density at radius 2 is 2.24 bits per heavy atom. The van der Waals surface area contributed by atoms with E-state index in [1.807, 2.05) is 4.90 Å². The fourth-order valence-corrected chi connectivity index (χ4v) is 3.11. The summed E-state index contributed by atoms with van der Waals surface area (Å²) < 4.78 is 1.46. The SMILES string of the molecule is O=C(CCn1cc([N+](=O)[O-])cn1)N1CCC2CCC(C1)N2. The largest absolute Gasteiger partial charge is 0.341 e. The summed E-state index contributed by atoms with van der Waals surface area (Å²) >= 11 is 0. The third-order valence-corrected chi connectivity index (χ3v) is 4.26. The van der Waals surface area contributed by atoms with Crippen LogP contribution in [0.25, 0.3) is 0 Å². The van der Waals surface area contributed by atoms with E-state index in [-0.39, 0.29) is 11.6 Å². The zero-order valence-corrected chi connectivity index (χ0v) is 11.8. The molecule has 2 atom stereocenters. The van der Waals surface area contributed by atoms with Crippen molar-refractivity contribution in [3.8, 4) is 0 Å². The molecule has 0 aliphatic carbocycles. The molecule has 1 amide bonds. The van der Waals surface area contributed by atoms with Crippen molar-refractivity contribution >= 4 is 11.6 Å². The third-order valence-electron chi connectivity index (χ3n) is 4.26. The molecule has 0 saturated carbocycles. The van der Waals surface area contributed by atoms with Crippen LogP contribution in [0.1, 0.15) is 25.7 Å². The minimum absolute atomic E-state index is 0.0428. The van der Waals surface area contributed by atoms with Gasteiger partial charge < -0.3 is 10.2 Å². The first-order chi connectivity index (χ1) is 10.1. The molecule has 8 heteroatoms. The van der Waals surface area contributed by atoms with Crippen molar-refractivity contribution in [2.24, 2.45) is 0 Å². The molecule has 114 valence electrons. The van der Waals surface area contributed by atoms with E-state index in [1.54, 1.807) is 0 Å². The number of amides is 1. The lowest BCUT2D eigenvalue weighted by Crippen LogP contribution is -2.39. The number of hydrogen-bond donors (Lipinski definition) is 1. The van der Waals surface area contributed by atoms with Crippen LogP contribution in [0.15, 0.2) is 12.4 Å². The van der Waals surface area contributed by atoms with E-state index in [0.29, 0.717) is 25.0 Å². The molecule has 0 aromatic carbocycles. The molecule has 2 bridgehead atoms. The maximum absolute atomic E-state index is 12.3. The summed E-state index contributed by atoms with van der Waals surface area (Å²) in [6, 6.07) is 0.980. The second-order valence-electron chi connectivity index (χ2n) is 5.74. The topological polar surface area (TPSA) is 93.3 Å². The highest BCUT2D eigenvalue weighted by atomic mass is 16.6. The number of fused-ring (bicyclic) bond motifs is 2. The molecule has 0 radical (unpaired) electrons. The molecule has 1 aromatic rings. The first kappa shape index (κ1) is 14.0. The Bertz CT molecular complexity index is 544. The summed E-state index contributed by atoms with van der Waals surface area (Å²) in [5.74, 6) is 0.0995. The van der Waals surface area contributed by atoms with Gasteiger partial charge in [-0.15, -0.1) is 0 Å². The van der Waals surface area contributed by atoms with Crippen LogP contribution in [0.5, 0.6) is 0 Å². The van der Waals surface area contributed by atoms with Crippen LogP contribution in [0.2, 0.25) is 0 Å². The lowest BCUT2D eigenvalue weighted by atomic mass is 10.1. The first-order valence-corrected chi connectivity index (χ1v) is 7.32. The fourth-order valence-electron chi connectivity index (χ4n) is 3.11. The predicted octanol–water partition coefficient (Wildman–Crippen LogP) is 0.534. The van der Waals surface area contributed by atoms with Crippen molar-refractivity contribution in [3.63, 3.8) is 0 Å². The Balaban J connectivity index is 1.52. The molecule has 8 nitrogen and oxygen atoms in total. The van der Waals surface area contributed by atoms with E-state index in [9.17, 15) is 14.9 Å². The molecule has 21 heavy (non-hydrogen) atoms. The number of nitro groups is 1. The Morgan fingerprint density at radius 3 is 3.00 bits per heavy atom. The molecule has 3 rings (SSSR count). The van der Waals surface area contributed by atoms with E-state index in [2.05, 4.69) is 10.4 Å². The molecule has 2 saturated heterocycles. The number of nitrogens with one attached hydrogen (secondary N) is 1. The van der Waals surface area contributed by atoms with Crippen LogP contribution >= 0.6 is 0 Å². The molecule has 3 heterocycles. The van der Waals surface area contributed by atoms with Gasteiger partial charge in [0.2, 0.25) is 5.91 Å². The molecule has 2 aliphatic heterocycles. The van der Waals surface area contributed by atoms with E-state index < -0.39 is 4.92 Å². The summed E-state index contributed by atoms with van der Waals surface area (Å²) in [5, 5.41) is 18.0. The number of carbonyl (C=O) groups is 1. The fraction of sp³-hybridized carbons (Fsp3) is 0.692. The molecular formula is C13H19N5O3. The van der Waals surface area contributed by atoms with Crippen LogP contribution in [0, 0.1) is 10.1 Å². The Morgan fingerprint density at radius 1 is 1.43 bits per heavy atom. The van der Waals surface area contributed by atoms with Crippen molar-refractivity contribution in [3.05, 3.63) is 22.5 Å². The second-order valence-corrected chi connectivity index (χ2v) is 5.74. The highest BCUT2D eigenvalue weighted by Gasteiger charge is 2.30. The van der Waals surface area contributed by atoms with Gasteiger partial charge >= 0.3 is 5.69 Å². The molecular weight excluding hydrogens is 274 g/mol. The van der Waals surface area contributed by atoms with Gasteiger partial charge in [-0.3, -0.25) is 19.6 Å². The summed E-state index contributed by atoms with van der Waals surface area (Å²) in [6.45, 7) is 1.95. The van der Waals surface area contributed by atoms with Crippen molar-refractivity contribution in [1.29, 1.82) is 0 Å². The van der Waals surface area contributed by atoms with Crippen LogP contribution in [0.4, 0.5) is 5.69 Å². The Labute approximate surface area is 122 Å². The quantitative estimate of drug-likeness (QED) is 0.646. The van der Waals surface area contributed by atoms with Gasteiger partial charge in [0.05, 0.1) is 4.92 Å². The van der Waals surface area contributed by atoms with Crippen molar-refractivity contribution in [2.45, 2.75) is 44.3 Å². The normalized spacial score (nSPS) is 24.9. The number of aromatic nitrogens is 2. The lowest BCUT2D eigenvalue weighted by Gasteiger charge is -2.24. The van der Waals surface area contributed by atoms with Gasteiger partial charge in [-0.05, 0) is 19.3 Å². The minimum Gasteiger partial charge on any atom is -0.341 e. The van der Waals surface area contributed by atoms with E-state index >= 15 is 0 Å². The number of carbonyl (C=O) groups excluding carboxylic acids is 1. The van der Waals surface area contributed by atoms with Crippen LogP contribution < -0.4 is 5.32 Å². The predicted molar refractivity (Wildman–Crippen MR) is 74.6 cm³/mol. The molecule has 1 N–H and O–H groups in total. The van der Waals surface area contributed by atoms with Crippen molar-refractivity contribution < 1.29 is 9.72 Å². The Hall–Kier alpha value is -1.96. The average Bonchev–Trinajstić information content (AvgIpc) is 3.03. The molecule has 2 aliphatic rings. The molecule has 2 fully saturated rings. The molecule has 1 aromatic heterocycles. The molecule has 0 spiro atoms. The van der Waals surface area contributed by atoms with Crippen LogP contribution in [-0.4, -0.2) is 50.7 Å². The van der Waals surface area contributed by atoms with Gasteiger partial charge in [0.15, 0.2) is 0 Å². The first-order valence-electron chi connectivity index (χ1n) is 7.32. The maximum atomic E-state index is 12.3. The van der Waals surface area contributed by atoms with E-state index in [4.69, 9.17) is 0 Å². The monoisotopic (exact) mass is 293 g/mol. The number of likely N-dealkylation sites (tertiary alicyclic amines) is 1. The van der Waals surface area contributed by atoms with Gasteiger partial charge in [-0.25, -0.2) is 0 Å². The summed E-state index contributed by atoms with van der Waals surface area (Å²) in [5.41, 5.74) is -0.0428. The van der Waals surface area contributed by atoms with Gasteiger partial charge in [0.1, 0.15) is 12.4 Å². The number of nitrogens with zero attached hydrogens (tertiary/aromatic N) is 4. The maximum Gasteiger partial charge on any atom is 0.306 e. The standard InChI is InChI=1S/C13H19N5O3/c19-13(4-6-17-9-12(7-14-17)18(20)21)16-5-3-10-1-2-11(8-16)15-10/h7,9-11,15H,1-6,8H2. The highest BCUT2D eigenvalue weighted by Crippen LogP contribution is 2.20. The van der Waals surface area contributed by atoms with E-state index in [1.165, 1.54) is 23.5 Å². The second kappa shape index (κ2) is 5.80. The third kappa shape index (κ3) is 3.21. The molecule has 2 unspecified atom stereocenters. The summed E-state index contributed by atoms with van der Waals surface area (Å²) in [4.78, 5) is 24.3. The average molecular weight is 293 g/mol. The van der Waals surface area contributed by atoms with Crippen molar-refractivity contribution in [1.82, 2.24) is 20.0 Å². The lowest BCUT2D eigenvalue weighted by molar-refractivity contribution is -0.385. The van der Waals surface area contributed by atoms with Crippen LogP contribution in [0.3, 0.4) is 0 Å². The van der Waals surface area contributed by atoms with Crippen LogP contribution in [-0.2, 0) is 11.3 Å². The smallest absolute Gasteiger partial charge is 0.306 e. The van der Waals surface area contributed by atoms with Gasteiger partial charge in [0, 0.05) is 38.1 Å². The van der Waals surface area contributed by atoms with E-state index in [0.717, 1.165) is 25.9 Å². The summed E-state index contributed by atoms with van der Waals surface area (Å²) in [7, 11) is 0. The van der Waals surface area contributed by atoms with Gasteiger partial charge in [-0.1, -0.05) is 0 Å². The minimum atomic E-state index is -0.484. The number of rotatable bonds is 4. The number of aryl methyl sites for hydroxylation is 1. The van der Waals surface area contributed by atoms with Crippen molar-refractivity contribution in [2.75, 3.05) is 13.1 Å².